The Balaban J connectivity index is 2.23. The molecule has 1 aromatic carbocycles. The van der Waals surface area contributed by atoms with Gasteiger partial charge in [-0.1, -0.05) is 17.7 Å². The number of benzene rings is 1. The number of nitrogens with two attached hydrogens (primary N) is 1. The summed E-state index contributed by atoms with van der Waals surface area (Å²) in [5.74, 6) is 1.33. The number of nitrogens with zero attached hydrogens (tertiary/aromatic N) is 1. The molecule has 0 aliphatic carbocycles. The van der Waals surface area contributed by atoms with Gasteiger partial charge in [-0.3, -0.25) is 5.43 Å². The van der Waals surface area contributed by atoms with Crippen molar-refractivity contribution in [1.82, 2.24) is 5.43 Å². The quantitative estimate of drug-likeness (QED) is 0.518. The number of hydrogen-bond donors (Lipinski definition) is 2. The standard InChI is InChI=1S/C13H12ClN3OS/c1-8-2-3-9(14)6-11(8)12-5-4-10(18-12)7-16-17-13(15)19/h2-7H,1H3,(H3,15,17,19)/b16-7-. The van der Waals surface area contributed by atoms with E-state index in [1.54, 1.807) is 6.07 Å². The van der Waals surface area contributed by atoms with Crippen molar-refractivity contribution in [3.05, 3.63) is 46.7 Å². The molecule has 4 nitrogen and oxygen atoms in total. The highest BCUT2D eigenvalue weighted by Gasteiger charge is 2.07. The normalized spacial score (nSPS) is 10.8. The summed E-state index contributed by atoms with van der Waals surface area (Å²) in [6.07, 6.45) is 1.50. The Morgan fingerprint density at radius 3 is 2.95 bits per heavy atom. The Kier molecular flexibility index (Phi) is 4.19. The fraction of sp³-hybridized carbons (Fsp3) is 0.0769. The lowest BCUT2D eigenvalue weighted by molar-refractivity contribution is 0.574. The molecule has 1 aromatic heterocycles. The van der Waals surface area contributed by atoms with Crippen molar-refractivity contribution in [3.63, 3.8) is 0 Å². The van der Waals surface area contributed by atoms with Crippen LogP contribution in [0.2, 0.25) is 5.02 Å². The second-order valence-corrected chi connectivity index (χ2v) is 4.77. The molecule has 1 heterocycles. The van der Waals surface area contributed by atoms with E-state index in [0.717, 1.165) is 16.9 Å². The van der Waals surface area contributed by atoms with Gasteiger partial charge in [-0.2, -0.15) is 5.10 Å². The number of furan rings is 1. The maximum Gasteiger partial charge on any atom is 0.184 e. The molecule has 0 spiro atoms. The third kappa shape index (κ3) is 3.56. The van der Waals surface area contributed by atoms with Gasteiger partial charge in [0.2, 0.25) is 0 Å². The summed E-state index contributed by atoms with van der Waals surface area (Å²) in [5.41, 5.74) is 9.75. The fourth-order valence-corrected chi connectivity index (χ4v) is 1.81. The van der Waals surface area contributed by atoms with Crippen molar-refractivity contribution in [2.24, 2.45) is 10.8 Å². The van der Waals surface area contributed by atoms with Crippen LogP contribution in [0.3, 0.4) is 0 Å². The Hall–Kier alpha value is -1.85. The van der Waals surface area contributed by atoms with E-state index in [0.29, 0.717) is 10.8 Å². The maximum absolute atomic E-state index is 5.99. The smallest absolute Gasteiger partial charge is 0.184 e. The molecule has 0 amide bonds. The first-order valence-electron chi connectivity index (χ1n) is 5.51. The molecule has 0 fully saturated rings. The van der Waals surface area contributed by atoms with E-state index in [4.69, 9.17) is 21.8 Å². The number of rotatable bonds is 3. The second kappa shape index (κ2) is 5.86. The SMILES string of the molecule is Cc1ccc(Cl)cc1-c1ccc(/C=N\NC(N)=S)o1. The predicted molar refractivity (Wildman–Crippen MR) is 81.4 cm³/mol. The van der Waals surface area contributed by atoms with Crippen LogP contribution < -0.4 is 11.2 Å². The summed E-state index contributed by atoms with van der Waals surface area (Å²) in [6.45, 7) is 2.00. The number of nitrogens with one attached hydrogen (secondary N) is 1. The van der Waals surface area contributed by atoms with Crippen molar-refractivity contribution in [2.45, 2.75) is 6.92 Å². The van der Waals surface area contributed by atoms with Crippen LogP contribution in [-0.2, 0) is 0 Å². The van der Waals surface area contributed by atoms with Gasteiger partial charge < -0.3 is 10.2 Å². The summed E-state index contributed by atoms with van der Waals surface area (Å²) >= 11 is 10.6. The van der Waals surface area contributed by atoms with Crippen LogP contribution in [0.15, 0.2) is 39.9 Å². The van der Waals surface area contributed by atoms with Crippen molar-refractivity contribution >= 4 is 35.1 Å². The van der Waals surface area contributed by atoms with Crippen LogP contribution in [0.4, 0.5) is 0 Å². The van der Waals surface area contributed by atoms with E-state index >= 15 is 0 Å². The van der Waals surface area contributed by atoms with Gasteiger partial charge in [0.05, 0.1) is 6.21 Å². The van der Waals surface area contributed by atoms with Crippen LogP contribution in [-0.4, -0.2) is 11.3 Å². The summed E-state index contributed by atoms with van der Waals surface area (Å²) in [7, 11) is 0. The van der Waals surface area contributed by atoms with E-state index in [-0.39, 0.29) is 5.11 Å². The Labute approximate surface area is 121 Å². The minimum atomic E-state index is 0.105. The third-order valence-electron chi connectivity index (χ3n) is 2.46. The number of aryl methyl sites for hydroxylation is 1. The highest BCUT2D eigenvalue weighted by Crippen LogP contribution is 2.27. The summed E-state index contributed by atoms with van der Waals surface area (Å²) < 4.78 is 5.66. The Morgan fingerprint density at radius 2 is 2.21 bits per heavy atom. The largest absolute Gasteiger partial charge is 0.455 e. The van der Waals surface area contributed by atoms with Crippen LogP contribution in [0.1, 0.15) is 11.3 Å². The lowest BCUT2D eigenvalue weighted by atomic mass is 10.1. The van der Waals surface area contributed by atoms with Crippen molar-refractivity contribution in [2.75, 3.05) is 0 Å². The van der Waals surface area contributed by atoms with Gasteiger partial charge in [0.15, 0.2) is 5.11 Å². The monoisotopic (exact) mass is 293 g/mol. The summed E-state index contributed by atoms with van der Waals surface area (Å²) in [4.78, 5) is 0. The second-order valence-electron chi connectivity index (χ2n) is 3.90. The minimum Gasteiger partial charge on any atom is -0.455 e. The number of hydrogen-bond acceptors (Lipinski definition) is 3. The van der Waals surface area contributed by atoms with Gasteiger partial charge in [0.25, 0.3) is 0 Å². The molecule has 0 aliphatic heterocycles. The topological polar surface area (TPSA) is 63.5 Å². The molecule has 98 valence electrons. The van der Waals surface area contributed by atoms with Gasteiger partial charge in [-0.25, -0.2) is 0 Å². The third-order valence-corrected chi connectivity index (χ3v) is 2.78. The van der Waals surface area contributed by atoms with E-state index in [2.05, 4.69) is 22.7 Å². The highest BCUT2D eigenvalue weighted by atomic mass is 35.5. The van der Waals surface area contributed by atoms with Crippen LogP contribution >= 0.6 is 23.8 Å². The van der Waals surface area contributed by atoms with Gasteiger partial charge >= 0.3 is 0 Å². The van der Waals surface area contributed by atoms with Crippen LogP contribution in [0.5, 0.6) is 0 Å². The number of hydrazone groups is 1. The molecule has 0 radical (unpaired) electrons. The van der Waals surface area contributed by atoms with Crippen molar-refractivity contribution in [1.29, 1.82) is 0 Å². The van der Waals surface area contributed by atoms with Gasteiger partial charge in [-0.15, -0.1) is 0 Å². The first-order chi connectivity index (χ1) is 9.06. The van der Waals surface area contributed by atoms with Crippen LogP contribution in [0, 0.1) is 6.92 Å². The average molecular weight is 294 g/mol. The highest BCUT2D eigenvalue weighted by molar-refractivity contribution is 7.80. The van der Waals surface area contributed by atoms with E-state index in [1.807, 2.05) is 31.2 Å². The minimum absolute atomic E-state index is 0.105. The Morgan fingerprint density at radius 1 is 1.42 bits per heavy atom. The molecule has 0 unspecified atom stereocenters. The van der Waals surface area contributed by atoms with Crippen molar-refractivity contribution < 1.29 is 4.42 Å². The van der Waals surface area contributed by atoms with E-state index < -0.39 is 0 Å². The molecular weight excluding hydrogens is 282 g/mol. The van der Waals surface area contributed by atoms with Crippen LogP contribution in [0.25, 0.3) is 11.3 Å². The molecule has 3 N–H and O–H groups in total. The zero-order valence-corrected chi connectivity index (χ0v) is 11.8. The average Bonchev–Trinajstić information content (AvgIpc) is 2.80. The lowest BCUT2D eigenvalue weighted by Crippen LogP contribution is -2.23. The zero-order valence-electron chi connectivity index (χ0n) is 10.2. The maximum atomic E-state index is 5.99. The predicted octanol–water partition coefficient (Wildman–Crippen LogP) is 3.08. The molecule has 0 atom stereocenters. The summed E-state index contributed by atoms with van der Waals surface area (Å²) in [5, 5.41) is 4.60. The Bertz CT molecular complexity index is 637. The molecule has 0 bridgehead atoms. The number of halogens is 1. The van der Waals surface area contributed by atoms with Gasteiger partial charge in [0.1, 0.15) is 11.5 Å². The molecule has 2 rings (SSSR count). The molecule has 6 heteroatoms. The zero-order chi connectivity index (χ0) is 13.8. The summed E-state index contributed by atoms with van der Waals surface area (Å²) in [6, 6.07) is 9.32. The van der Waals surface area contributed by atoms with E-state index in [9.17, 15) is 0 Å². The number of thiocarbonyl (C=S) groups is 1. The van der Waals surface area contributed by atoms with Gasteiger partial charge in [-0.05, 0) is 49.0 Å². The lowest BCUT2D eigenvalue weighted by Gasteiger charge is -2.02. The van der Waals surface area contributed by atoms with Gasteiger partial charge in [0, 0.05) is 10.6 Å². The molecule has 2 aromatic rings. The van der Waals surface area contributed by atoms with Crippen molar-refractivity contribution in [3.8, 4) is 11.3 Å². The first-order valence-corrected chi connectivity index (χ1v) is 6.30. The molecule has 0 saturated heterocycles. The first kappa shape index (κ1) is 13.6. The molecule has 0 aliphatic rings. The molecule has 19 heavy (non-hydrogen) atoms. The van der Waals surface area contributed by atoms with E-state index in [1.165, 1.54) is 6.21 Å². The molecular formula is C13H12ClN3OS. The molecule has 0 saturated carbocycles. The fourth-order valence-electron chi connectivity index (χ4n) is 1.59.